The van der Waals surface area contributed by atoms with E-state index in [-0.39, 0.29) is 18.4 Å². The van der Waals surface area contributed by atoms with E-state index >= 15 is 0 Å². The van der Waals surface area contributed by atoms with E-state index in [0.29, 0.717) is 5.06 Å². The molecule has 0 saturated carbocycles. The Morgan fingerprint density at radius 3 is 2.33 bits per heavy atom. The monoisotopic (exact) mass is 249 g/mol. The van der Waals surface area contributed by atoms with Crippen LogP contribution in [0.4, 0.5) is 0 Å². The molecular weight excluding hydrogens is 228 g/mol. The number of hydrogen-bond donors (Lipinski definition) is 0. The second-order valence-electron chi connectivity index (χ2n) is 4.50. The summed E-state index contributed by atoms with van der Waals surface area (Å²) in [5.74, 6) is -0.408. The number of amides is 1. The van der Waals surface area contributed by atoms with Crippen LogP contribution in [0.1, 0.15) is 45.1 Å². The summed E-state index contributed by atoms with van der Waals surface area (Å²) < 4.78 is 0. The van der Waals surface area contributed by atoms with Gasteiger partial charge in [-0.05, 0) is 30.5 Å². The van der Waals surface area contributed by atoms with Crippen LogP contribution in [0.3, 0.4) is 0 Å². The number of pyridine rings is 1. The van der Waals surface area contributed by atoms with Gasteiger partial charge in [-0.2, -0.15) is 0 Å². The van der Waals surface area contributed by atoms with Gasteiger partial charge < -0.3 is 10.3 Å². The standard InChI is InChI=1S/C14H21N2O2/c1-3-5-13(6-4-2)14(17)16(18)11-12-7-9-15-10-8-12/h7-10,13H,3-6,11H2,1-2H3/q-1. The summed E-state index contributed by atoms with van der Waals surface area (Å²) in [6, 6.07) is 3.51. The van der Waals surface area contributed by atoms with Crippen molar-refractivity contribution >= 4 is 5.91 Å². The molecule has 1 aromatic rings. The van der Waals surface area contributed by atoms with Crippen LogP contribution in [0.25, 0.3) is 0 Å². The maximum absolute atomic E-state index is 12.0. The molecule has 100 valence electrons. The average molecular weight is 249 g/mol. The van der Waals surface area contributed by atoms with Gasteiger partial charge in [0.1, 0.15) is 0 Å². The van der Waals surface area contributed by atoms with Gasteiger partial charge in [-0.15, -0.1) is 0 Å². The highest BCUT2D eigenvalue weighted by Crippen LogP contribution is 2.17. The third-order valence-electron chi connectivity index (χ3n) is 2.94. The molecule has 0 aliphatic rings. The molecule has 0 aliphatic carbocycles. The Morgan fingerprint density at radius 1 is 1.28 bits per heavy atom. The normalized spacial score (nSPS) is 10.7. The molecule has 4 heteroatoms. The Hall–Kier alpha value is -1.42. The van der Waals surface area contributed by atoms with E-state index in [1.807, 2.05) is 13.8 Å². The molecule has 4 nitrogen and oxygen atoms in total. The van der Waals surface area contributed by atoms with Crippen molar-refractivity contribution in [1.29, 1.82) is 0 Å². The number of aromatic nitrogens is 1. The minimum Gasteiger partial charge on any atom is -0.756 e. The van der Waals surface area contributed by atoms with E-state index < -0.39 is 0 Å². The Labute approximate surface area is 109 Å². The fourth-order valence-corrected chi connectivity index (χ4v) is 2.02. The van der Waals surface area contributed by atoms with Gasteiger partial charge in [0.25, 0.3) is 0 Å². The number of carbonyl (C=O) groups excluding carboxylic acids is 1. The zero-order valence-corrected chi connectivity index (χ0v) is 11.1. The van der Waals surface area contributed by atoms with Crippen LogP contribution in [0.5, 0.6) is 0 Å². The van der Waals surface area contributed by atoms with Crippen LogP contribution in [0.2, 0.25) is 0 Å². The van der Waals surface area contributed by atoms with Gasteiger partial charge in [-0.1, -0.05) is 26.7 Å². The molecule has 0 fully saturated rings. The van der Waals surface area contributed by atoms with Crippen LogP contribution < -0.4 is 0 Å². The first-order valence-corrected chi connectivity index (χ1v) is 6.56. The van der Waals surface area contributed by atoms with E-state index in [9.17, 15) is 10.0 Å². The topological polar surface area (TPSA) is 56.3 Å². The lowest BCUT2D eigenvalue weighted by atomic mass is 9.97. The van der Waals surface area contributed by atoms with Crippen molar-refractivity contribution in [2.45, 2.75) is 46.1 Å². The van der Waals surface area contributed by atoms with Gasteiger partial charge in [0.2, 0.25) is 5.91 Å². The lowest BCUT2D eigenvalue weighted by molar-refractivity contribution is -0.133. The van der Waals surface area contributed by atoms with Crippen molar-refractivity contribution in [3.63, 3.8) is 0 Å². The molecule has 1 aromatic heterocycles. The van der Waals surface area contributed by atoms with Crippen molar-refractivity contribution in [2.75, 3.05) is 0 Å². The predicted molar refractivity (Wildman–Crippen MR) is 71.5 cm³/mol. The molecule has 0 atom stereocenters. The van der Waals surface area contributed by atoms with E-state index in [1.165, 1.54) is 0 Å². The van der Waals surface area contributed by atoms with Crippen molar-refractivity contribution < 1.29 is 4.79 Å². The van der Waals surface area contributed by atoms with Crippen LogP contribution in [-0.2, 0) is 11.3 Å². The second kappa shape index (κ2) is 7.82. The molecule has 1 rings (SSSR count). The highest BCUT2D eigenvalue weighted by molar-refractivity contribution is 5.79. The summed E-state index contributed by atoms with van der Waals surface area (Å²) >= 11 is 0. The Balaban J connectivity index is 2.58. The molecule has 18 heavy (non-hydrogen) atoms. The quantitative estimate of drug-likeness (QED) is 0.697. The zero-order valence-electron chi connectivity index (χ0n) is 11.1. The molecule has 0 aliphatic heterocycles. The smallest absolute Gasteiger partial charge is 0.215 e. The maximum Gasteiger partial charge on any atom is 0.215 e. The van der Waals surface area contributed by atoms with Crippen molar-refractivity contribution in [3.8, 4) is 0 Å². The largest absolute Gasteiger partial charge is 0.756 e. The second-order valence-corrected chi connectivity index (χ2v) is 4.50. The molecule has 0 radical (unpaired) electrons. The number of nitrogens with zero attached hydrogens (tertiary/aromatic N) is 2. The summed E-state index contributed by atoms with van der Waals surface area (Å²) in [4.78, 5) is 15.9. The molecule has 0 spiro atoms. The number of carbonyl (C=O) groups is 1. The average Bonchev–Trinajstić information content (AvgIpc) is 2.39. The summed E-state index contributed by atoms with van der Waals surface area (Å²) in [6.07, 6.45) is 6.70. The third kappa shape index (κ3) is 4.45. The van der Waals surface area contributed by atoms with Gasteiger partial charge >= 0.3 is 0 Å². The van der Waals surface area contributed by atoms with Crippen LogP contribution in [0, 0.1) is 11.1 Å². The first-order chi connectivity index (χ1) is 8.69. The molecule has 0 unspecified atom stereocenters. The van der Waals surface area contributed by atoms with Crippen LogP contribution in [-0.4, -0.2) is 16.0 Å². The Morgan fingerprint density at radius 2 is 1.83 bits per heavy atom. The molecule has 0 bridgehead atoms. The highest BCUT2D eigenvalue weighted by Gasteiger charge is 2.17. The van der Waals surface area contributed by atoms with Crippen molar-refractivity contribution in [1.82, 2.24) is 10.0 Å². The van der Waals surface area contributed by atoms with E-state index in [2.05, 4.69) is 4.98 Å². The van der Waals surface area contributed by atoms with E-state index in [0.717, 1.165) is 31.2 Å². The van der Waals surface area contributed by atoms with Crippen LogP contribution >= 0.6 is 0 Å². The minimum absolute atomic E-state index is 0.116. The molecule has 1 heterocycles. The summed E-state index contributed by atoms with van der Waals surface area (Å²) in [5.41, 5.74) is 0.820. The maximum atomic E-state index is 12.0. The Bertz CT molecular complexity index is 348. The predicted octanol–water partition coefficient (Wildman–Crippen LogP) is 3.12. The Kier molecular flexibility index (Phi) is 6.36. The van der Waals surface area contributed by atoms with Gasteiger partial charge in [-0.3, -0.25) is 9.78 Å². The summed E-state index contributed by atoms with van der Waals surface area (Å²) in [6.45, 7) is 4.19. The van der Waals surface area contributed by atoms with E-state index in [1.54, 1.807) is 24.5 Å². The molecule has 0 saturated heterocycles. The van der Waals surface area contributed by atoms with Crippen molar-refractivity contribution in [3.05, 3.63) is 35.3 Å². The number of hydrogen-bond acceptors (Lipinski definition) is 3. The molecule has 0 N–H and O–H groups in total. The summed E-state index contributed by atoms with van der Waals surface area (Å²) in [5, 5.41) is 12.4. The lowest BCUT2D eigenvalue weighted by Crippen LogP contribution is -2.31. The fraction of sp³-hybridized carbons (Fsp3) is 0.571. The number of rotatable bonds is 7. The first-order valence-electron chi connectivity index (χ1n) is 6.56. The fourth-order valence-electron chi connectivity index (χ4n) is 2.02. The van der Waals surface area contributed by atoms with Gasteiger partial charge in [0.05, 0.1) is 0 Å². The van der Waals surface area contributed by atoms with E-state index in [4.69, 9.17) is 0 Å². The third-order valence-corrected chi connectivity index (χ3v) is 2.94. The lowest BCUT2D eigenvalue weighted by Gasteiger charge is -2.32. The first kappa shape index (κ1) is 14.6. The highest BCUT2D eigenvalue weighted by atomic mass is 16.5. The molecule has 1 amide bonds. The summed E-state index contributed by atoms with van der Waals surface area (Å²) in [7, 11) is 0. The number of hydroxylamine groups is 2. The van der Waals surface area contributed by atoms with Gasteiger partial charge in [0, 0.05) is 24.9 Å². The zero-order chi connectivity index (χ0) is 13.4. The molecule has 0 aromatic carbocycles. The van der Waals surface area contributed by atoms with Crippen molar-refractivity contribution in [2.24, 2.45) is 5.92 Å². The van der Waals surface area contributed by atoms with Gasteiger partial charge in [0.15, 0.2) is 0 Å². The SMILES string of the molecule is CCCC(CCC)C(=O)N([O-])Cc1ccncc1. The van der Waals surface area contributed by atoms with Gasteiger partial charge in [-0.25, -0.2) is 0 Å². The minimum atomic E-state index is -0.282. The van der Waals surface area contributed by atoms with Crippen LogP contribution in [0.15, 0.2) is 24.5 Å². The molecular formula is C14H21N2O2-.